The van der Waals surface area contributed by atoms with Crippen LogP contribution >= 0.6 is 28.1 Å². The molecule has 2 N–H and O–H groups in total. The number of rotatable bonds is 3. The molecule has 0 aliphatic carbocycles. The Morgan fingerprint density at radius 2 is 2.21 bits per heavy atom. The molecular formula is C14H20BrN3S. The molecule has 2 rings (SSSR count). The molecule has 1 atom stereocenters. The predicted octanol–water partition coefficient (Wildman–Crippen LogP) is 2.61. The van der Waals surface area contributed by atoms with E-state index in [1.807, 2.05) is 6.07 Å². The van der Waals surface area contributed by atoms with Crippen molar-refractivity contribution in [3.05, 3.63) is 28.2 Å². The molecule has 5 heteroatoms. The number of anilines is 1. The van der Waals surface area contributed by atoms with E-state index in [9.17, 15) is 0 Å². The maximum Gasteiger partial charge on any atom is 0.106 e. The van der Waals surface area contributed by atoms with Gasteiger partial charge in [0.05, 0.1) is 0 Å². The molecule has 19 heavy (non-hydrogen) atoms. The highest BCUT2D eigenvalue weighted by molar-refractivity contribution is 9.10. The lowest BCUT2D eigenvalue weighted by atomic mass is 10.1. The Labute approximate surface area is 128 Å². The second kappa shape index (κ2) is 6.20. The minimum atomic E-state index is 0.461. The summed E-state index contributed by atoms with van der Waals surface area (Å²) in [5.74, 6) is 0. The molecule has 1 aromatic rings. The van der Waals surface area contributed by atoms with E-state index in [-0.39, 0.29) is 0 Å². The minimum absolute atomic E-state index is 0.461. The van der Waals surface area contributed by atoms with Crippen LogP contribution in [0.5, 0.6) is 0 Å². The zero-order valence-electron chi connectivity index (χ0n) is 11.4. The van der Waals surface area contributed by atoms with E-state index in [2.05, 4.69) is 51.8 Å². The summed E-state index contributed by atoms with van der Waals surface area (Å²) in [5.41, 5.74) is 7.97. The lowest BCUT2D eigenvalue weighted by Gasteiger charge is -2.41. The third kappa shape index (κ3) is 3.27. The molecule has 0 radical (unpaired) electrons. The van der Waals surface area contributed by atoms with Crippen LogP contribution in [0.2, 0.25) is 0 Å². The number of hydrogen-bond donors (Lipinski definition) is 1. The topological polar surface area (TPSA) is 32.5 Å². The fourth-order valence-electron chi connectivity index (χ4n) is 2.59. The highest BCUT2D eigenvalue weighted by Gasteiger charge is 2.24. The van der Waals surface area contributed by atoms with Gasteiger partial charge in [0.15, 0.2) is 0 Å². The Kier molecular flexibility index (Phi) is 4.81. The largest absolute Gasteiger partial charge is 0.389 e. The first-order valence-corrected chi connectivity index (χ1v) is 7.77. The molecule has 0 bridgehead atoms. The first-order valence-electron chi connectivity index (χ1n) is 6.57. The van der Waals surface area contributed by atoms with Crippen LogP contribution in [0.15, 0.2) is 22.7 Å². The van der Waals surface area contributed by atoms with Crippen molar-refractivity contribution < 1.29 is 0 Å². The molecule has 1 aliphatic rings. The summed E-state index contributed by atoms with van der Waals surface area (Å²) in [6.45, 7) is 5.36. The van der Waals surface area contributed by atoms with Gasteiger partial charge in [-0.2, -0.15) is 0 Å². The number of hydrogen-bond acceptors (Lipinski definition) is 3. The number of nitrogens with two attached hydrogens (primary N) is 1. The number of halogens is 1. The van der Waals surface area contributed by atoms with Gasteiger partial charge in [0.2, 0.25) is 0 Å². The quantitative estimate of drug-likeness (QED) is 0.856. The Bertz CT molecular complexity index is 478. The van der Waals surface area contributed by atoms with Crippen molar-refractivity contribution in [3.8, 4) is 0 Å². The number of benzene rings is 1. The predicted molar refractivity (Wildman–Crippen MR) is 89.0 cm³/mol. The molecule has 1 aliphatic heterocycles. The molecule has 3 nitrogen and oxygen atoms in total. The highest BCUT2D eigenvalue weighted by atomic mass is 79.9. The van der Waals surface area contributed by atoms with E-state index in [1.54, 1.807) is 0 Å². The molecule has 104 valence electrons. The zero-order valence-corrected chi connectivity index (χ0v) is 13.8. The number of likely N-dealkylation sites (N-methyl/N-ethyl adjacent to an activating group) is 1. The van der Waals surface area contributed by atoms with Gasteiger partial charge in [0.1, 0.15) is 4.99 Å². The van der Waals surface area contributed by atoms with Crippen LogP contribution < -0.4 is 10.6 Å². The lowest BCUT2D eigenvalue weighted by molar-refractivity contribution is 0.213. The summed E-state index contributed by atoms with van der Waals surface area (Å²) >= 11 is 8.66. The third-order valence-corrected chi connectivity index (χ3v) is 4.53. The zero-order chi connectivity index (χ0) is 14.0. The van der Waals surface area contributed by atoms with Gasteiger partial charge in [-0.3, -0.25) is 4.90 Å². The Balaban J connectivity index is 2.29. The summed E-state index contributed by atoms with van der Waals surface area (Å²) in [6, 6.07) is 6.76. The van der Waals surface area contributed by atoms with Crippen LogP contribution in [0.25, 0.3) is 0 Å². The van der Waals surface area contributed by atoms with Crippen LogP contribution in [0.3, 0.4) is 0 Å². The van der Waals surface area contributed by atoms with Crippen molar-refractivity contribution >= 4 is 38.8 Å². The van der Waals surface area contributed by atoms with Gasteiger partial charge in [0, 0.05) is 41.4 Å². The van der Waals surface area contributed by atoms with Crippen LogP contribution in [0.4, 0.5) is 5.69 Å². The second-order valence-electron chi connectivity index (χ2n) is 5.01. The monoisotopic (exact) mass is 341 g/mol. The average Bonchev–Trinajstić information content (AvgIpc) is 2.39. The summed E-state index contributed by atoms with van der Waals surface area (Å²) in [7, 11) is 2.20. The van der Waals surface area contributed by atoms with Crippen molar-refractivity contribution in [2.75, 3.05) is 31.6 Å². The lowest BCUT2D eigenvalue weighted by Crippen LogP contribution is -2.51. The SMILES string of the molecule is CCC1CN(c2ccc(Br)cc2C(N)=S)CCN1C. The van der Waals surface area contributed by atoms with Gasteiger partial charge in [-0.25, -0.2) is 0 Å². The van der Waals surface area contributed by atoms with Gasteiger partial charge in [-0.05, 0) is 31.7 Å². The Morgan fingerprint density at radius 1 is 1.47 bits per heavy atom. The average molecular weight is 342 g/mol. The summed E-state index contributed by atoms with van der Waals surface area (Å²) in [5, 5.41) is 0. The van der Waals surface area contributed by atoms with Gasteiger partial charge in [-0.1, -0.05) is 35.1 Å². The van der Waals surface area contributed by atoms with Crippen molar-refractivity contribution in [2.24, 2.45) is 5.73 Å². The van der Waals surface area contributed by atoms with Crippen molar-refractivity contribution in [2.45, 2.75) is 19.4 Å². The summed E-state index contributed by atoms with van der Waals surface area (Å²) in [6.07, 6.45) is 1.16. The van der Waals surface area contributed by atoms with Crippen molar-refractivity contribution in [1.82, 2.24) is 4.90 Å². The Hall–Kier alpha value is -0.650. The molecule has 1 fully saturated rings. The maximum absolute atomic E-state index is 5.86. The van der Waals surface area contributed by atoms with Crippen LogP contribution in [-0.2, 0) is 0 Å². The number of piperazine rings is 1. The second-order valence-corrected chi connectivity index (χ2v) is 6.37. The maximum atomic E-state index is 5.86. The van der Waals surface area contributed by atoms with Gasteiger partial charge >= 0.3 is 0 Å². The first-order chi connectivity index (χ1) is 9.02. The van der Waals surface area contributed by atoms with Crippen LogP contribution in [-0.4, -0.2) is 42.6 Å². The van der Waals surface area contributed by atoms with Gasteiger partial charge in [-0.15, -0.1) is 0 Å². The molecule has 1 aromatic carbocycles. The number of nitrogens with zero attached hydrogens (tertiary/aromatic N) is 2. The van der Waals surface area contributed by atoms with E-state index in [4.69, 9.17) is 18.0 Å². The Morgan fingerprint density at radius 3 is 2.84 bits per heavy atom. The molecule has 0 amide bonds. The molecule has 0 spiro atoms. The van der Waals surface area contributed by atoms with Crippen LogP contribution in [0.1, 0.15) is 18.9 Å². The molecule has 1 heterocycles. The standard InChI is InChI=1S/C14H20BrN3S/c1-3-11-9-18(7-6-17(11)2)13-5-4-10(15)8-12(13)14(16)19/h4-5,8,11H,3,6-7,9H2,1-2H3,(H2,16,19). The molecule has 1 saturated heterocycles. The normalized spacial score (nSPS) is 20.6. The van der Waals surface area contributed by atoms with E-state index in [0.717, 1.165) is 41.8 Å². The fraction of sp³-hybridized carbons (Fsp3) is 0.500. The van der Waals surface area contributed by atoms with E-state index >= 15 is 0 Å². The highest BCUT2D eigenvalue weighted by Crippen LogP contribution is 2.27. The fourth-order valence-corrected chi connectivity index (χ4v) is 3.11. The first kappa shape index (κ1) is 14.8. The van der Waals surface area contributed by atoms with Gasteiger partial charge < -0.3 is 10.6 Å². The third-order valence-electron chi connectivity index (χ3n) is 3.81. The molecule has 0 aromatic heterocycles. The van der Waals surface area contributed by atoms with Gasteiger partial charge in [0.25, 0.3) is 0 Å². The van der Waals surface area contributed by atoms with E-state index in [0.29, 0.717) is 11.0 Å². The van der Waals surface area contributed by atoms with Crippen LogP contribution in [0, 0.1) is 0 Å². The van der Waals surface area contributed by atoms with E-state index < -0.39 is 0 Å². The molecular weight excluding hydrogens is 322 g/mol. The molecule has 1 unspecified atom stereocenters. The minimum Gasteiger partial charge on any atom is -0.389 e. The summed E-state index contributed by atoms with van der Waals surface area (Å²) < 4.78 is 1.01. The smallest absolute Gasteiger partial charge is 0.106 e. The van der Waals surface area contributed by atoms with E-state index in [1.165, 1.54) is 0 Å². The number of thiocarbonyl (C=S) groups is 1. The van der Waals surface area contributed by atoms with Crippen molar-refractivity contribution in [1.29, 1.82) is 0 Å². The van der Waals surface area contributed by atoms with Crippen molar-refractivity contribution in [3.63, 3.8) is 0 Å². The summed E-state index contributed by atoms with van der Waals surface area (Å²) in [4.78, 5) is 5.29. The molecule has 0 saturated carbocycles.